The first-order valence-electron chi connectivity index (χ1n) is 35.1. The second-order valence-electron chi connectivity index (χ2n) is 26.2. The number of thiophene rings is 6. The minimum Gasteiger partial charge on any atom is -0.492 e. The summed E-state index contributed by atoms with van der Waals surface area (Å²) in [6.07, 6.45) is 39.1. The van der Waals surface area contributed by atoms with Gasteiger partial charge in [0.25, 0.3) is 0 Å². The molecule has 0 saturated heterocycles. The molecule has 0 saturated carbocycles. The van der Waals surface area contributed by atoms with Gasteiger partial charge in [0.15, 0.2) is 0 Å². The number of aromatic nitrogens is 2. The van der Waals surface area contributed by atoms with E-state index in [1.165, 1.54) is 263 Å². The molecule has 3 aliphatic rings. The summed E-state index contributed by atoms with van der Waals surface area (Å²) in [6.45, 7) is 19.4. The third-order valence-corrected chi connectivity index (χ3v) is 39.7. The van der Waals surface area contributed by atoms with Crippen molar-refractivity contribution in [1.29, 1.82) is 0 Å². The topological polar surface area (TPSA) is 59.7 Å². The van der Waals surface area contributed by atoms with Crippen LogP contribution in [0.25, 0.3) is 70.9 Å². The zero-order valence-electron chi connectivity index (χ0n) is 54.7. The number of nitrogens with zero attached hydrogens (tertiary/aromatic N) is 4. The molecule has 0 radical (unpaired) electrons. The zero-order valence-corrected chi connectivity index (χ0v) is 63.2. The van der Waals surface area contributed by atoms with Crippen molar-refractivity contribution in [3.63, 3.8) is 0 Å². The van der Waals surface area contributed by atoms with E-state index in [2.05, 4.69) is 137 Å². The minimum atomic E-state index is -2.02. The van der Waals surface area contributed by atoms with Gasteiger partial charge in [0.05, 0.1) is 45.7 Å². The number of hydrogen-bond donors (Lipinski definition) is 0. The van der Waals surface area contributed by atoms with E-state index in [1.54, 1.807) is 44.8 Å². The van der Waals surface area contributed by atoms with Crippen LogP contribution in [0.2, 0.25) is 24.2 Å². The Labute approximate surface area is 563 Å². The van der Waals surface area contributed by atoms with E-state index in [0.717, 1.165) is 50.6 Å². The van der Waals surface area contributed by atoms with E-state index < -0.39 is 16.1 Å². The highest BCUT2D eigenvalue weighted by Gasteiger charge is 2.49. The molecule has 0 fully saturated rings. The molecule has 0 bridgehead atoms. The fraction of sp³-hybridized carbons (Fsp3) is 0.589. The van der Waals surface area contributed by atoms with Gasteiger partial charge in [0.2, 0.25) is 0 Å². The summed E-state index contributed by atoms with van der Waals surface area (Å²) < 4.78 is 28.1. The molecular weight excluding hydrogens is 1260 g/mol. The second-order valence-corrected chi connectivity index (χ2v) is 42.2. The molecule has 0 atom stereocenters. The Balaban J connectivity index is 0.984. The lowest BCUT2D eigenvalue weighted by Gasteiger charge is -2.29. The SMILES string of the molecule is CCCCCCOc1cc(-c2cc3c(s2)-c2sc(CCCCCC)cc2[Si]3(CCCCCC)CCCCCC)sc1-c1c2c(c(-c3sc(-c4cc5c(s4)-c4sc(CCCCCC)cc4[Si]5(CCCCCC)CCCCCC)cc3C)c3nsnc13)N=S=N2. The summed E-state index contributed by atoms with van der Waals surface area (Å²) in [4.78, 5) is 17.7. The minimum absolute atomic E-state index is 0.697. The number of fused-ring (bicyclic) bond motifs is 8. The molecule has 1 aromatic carbocycles. The van der Waals surface area contributed by atoms with Crippen LogP contribution in [-0.2, 0) is 24.2 Å². The van der Waals surface area contributed by atoms with E-state index in [0.29, 0.717) is 6.61 Å². The molecular formula is C73H100N4OS8Si2. The lowest BCUT2D eigenvalue weighted by molar-refractivity contribution is 0.307. The molecule has 7 aromatic heterocycles. The monoisotopic (exact) mass is 1360 g/mol. The van der Waals surface area contributed by atoms with Gasteiger partial charge in [-0.25, -0.2) is 0 Å². The Morgan fingerprint density at radius 2 is 0.727 bits per heavy atom. The Morgan fingerprint density at radius 1 is 0.364 bits per heavy atom. The largest absolute Gasteiger partial charge is 0.492 e. The van der Waals surface area contributed by atoms with Crippen LogP contribution in [0, 0.1) is 6.92 Å². The third-order valence-electron chi connectivity index (χ3n) is 19.6. The van der Waals surface area contributed by atoms with Crippen molar-refractivity contribution in [2.75, 3.05) is 6.61 Å². The average Bonchev–Trinajstić information content (AvgIpc) is 1.57. The fourth-order valence-corrected chi connectivity index (χ4v) is 37.4. The molecule has 88 heavy (non-hydrogen) atoms. The molecule has 0 amide bonds. The van der Waals surface area contributed by atoms with Gasteiger partial charge in [-0.15, -0.1) is 68.0 Å². The number of hydrogen-bond acceptors (Lipinski definition) is 12. The Bertz CT molecular complexity index is 3630. The van der Waals surface area contributed by atoms with Crippen molar-refractivity contribution in [1.82, 2.24) is 8.75 Å². The predicted octanol–water partition coefficient (Wildman–Crippen LogP) is 25.4. The van der Waals surface area contributed by atoms with Gasteiger partial charge < -0.3 is 4.74 Å². The smallest absolute Gasteiger partial charge is 0.138 e. The first-order chi connectivity index (χ1) is 43.3. The third kappa shape index (κ3) is 14.1. The summed E-state index contributed by atoms with van der Waals surface area (Å²) in [6, 6.07) is 21.4. The van der Waals surface area contributed by atoms with Crippen LogP contribution in [0.5, 0.6) is 5.75 Å². The number of unbranched alkanes of at least 4 members (excludes halogenated alkanes) is 21. The number of ether oxygens (including phenoxy) is 1. The summed E-state index contributed by atoms with van der Waals surface area (Å²) >= 11 is 15.0. The predicted molar refractivity (Wildman–Crippen MR) is 405 cm³/mol. The van der Waals surface area contributed by atoms with E-state index in [9.17, 15) is 0 Å². The van der Waals surface area contributed by atoms with Gasteiger partial charge in [-0.05, 0) is 120 Å². The number of benzene rings is 1. The van der Waals surface area contributed by atoms with Crippen LogP contribution in [-0.4, -0.2) is 31.5 Å². The standard InChI is InChI=1S/C73H100N4OS8Si2/c1-9-16-23-30-37-51-45-58-70(79-51)72-60(87(58,40-33-26-19-12-4)41-34-27-20-13-5)48-56(83-72)54-44-50(8)68(81-54)62-64-66(76-85-74-64)63(67-65(62)75-86-77-67)69-53(78-39-32-25-18-11-3)47-55(82-69)57-49-61-73(84-57)71-59(46-52(80-71)38-31-24-17-10-2)88(61,42-35-28-21-14-6)43-36-29-22-15-7/h44-49H,9-43H2,1-8H3. The zero-order chi connectivity index (χ0) is 61.0. The van der Waals surface area contributed by atoms with E-state index in [-0.39, 0.29) is 0 Å². The van der Waals surface area contributed by atoms with Crippen LogP contribution in [0.1, 0.15) is 244 Å². The molecule has 5 nitrogen and oxygen atoms in total. The highest BCUT2D eigenvalue weighted by Crippen LogP contribution is 2.59. The summed E-state index contributed by atoms with van der Waals surface area (Å²) in [5, 5.41) is 7.14. The number of aryl methyl sites for hydroxylation is 3. The highest BCUT2D eigenvalue weighted by molar-refractivity contribution is 7.58. The Hall–Kier alpha value is -2.71. The lowest BCUT2D eigenvalue weighted by atomic mass is 9.99. The van der Waals surface area contributed by atoms with Crippen LogP contribution in [0.4, 0.5) is 11.4 Å². The second kappa shape index (κ2) is 31.9. The molecule has 15 heteroatoms. The van der Waals surface area contributed by atoms with E-state index in [4.69, 9.17) is 22.2 Å². The molecule has 0 N–H and O–H groups in total. The van der Waals surface area contributed by atoms with Gasteiger partial charge in [-0.2, -0.15) is 17.5 Å². The molecule has 0 spiro atoms. The summed E-state index contributed by atoms with van der Waals surface area (Å²) in [5.74, 6) is 0.962. The first kappa shape index (κ1) is 66.7. The van der Waals surface area contributed by atoms with Crippen molar-refractivity contribution in [2.24, 2.45) is 8.73 Å². The van der Waals surface area contributed by atoms with Crippen molar-refractivity contribution < 1.29 is 4.74 Å². The van der Waals surface area contributed by atoms with Crippen molar-refractivity contribution >= 4 is 150 Å². The molecule has 0 aliphatic carbocycles. The summed E-state index contributed by atoms with van der Waals surface area (Å²) in [7, 11) is -4.00. The van der Waals surface area contributed by atoms with Gasteiger partial charge in [0, 0.05) is 59.7 Å². The van der Waals surface area contributed by atoms with Gasteiger partial charge in [0.1, 0.15) is 44.3 Å². The average molecular weight is 1360 g/mol. The molecule has 10 heterocycles. The van der Waals surface area contributed by atoms with E-state index >= 15 is 0 Å². The van der Waals surface area contributed by atoms with Crippen LogP contribution >= 0.6 is 79.7 Å². The highest BCUT2D eigenvalue weighted by atomic mass is 32.1. The van der Waals surface area contributed by atoms with Crippen molar-refractivity contribution in [3.8, 4) is 65.6 Å². The maximum absolute atomic E-state index is 7.06. The maximum Gasteiger partial charge on any atom is 0.138 e. The maximum atomic E-state index is 7.06. The van der Waals surface area contributed by atoms with E-state index in [1.807, 2.05) is 27.9 Å². The van der Waals surface area contributed by atoms with Crippen LogP contribution < -0.4 is 25.5 Å². The molecule has 11 rings (SSSR count). The normalized spacial score (nSPS) is 14.1. The summed E-state index contributed by atoms with van der Waals surface area (Å²) in [5.41, 5.74) is 7.18. The van der Waals surface area contributed by atoms with Gasteiger partial charge in [-0.3, -0.25) is 0 Å². The first-order valence-corrected chi connectivity index (χ1v) is 46.3. The lowest BCUT2D eigenvalue weighted by Crippen LogP contribution is -2.54. The Morgan fingerprint density at radius 3 is 1.18 bits per heavy atom. The Kier molecular flexibility index (Phi) is 24.2. The van der Waals surface area contributed by atoms with Crippen molar-refractivity contribution in [2.45, 2.75) is 272 Å². The number of rotatable bonds is 40. The van der Waals surface area contributed by atoms with Gasteiger partial charge >= 0.3 is 0 Å². The molecule has 474 valence electrons. The van der Waals surface area contributed by atoms with Gasteiger partial charge in [-0.1, -0.05) is 209 Å². The van der Waals surface area contributed by atoms with Crippen molar-refractivity contribution in [3.05, 3.63) is 51.7 Å². The fourth-order valence-electron chi connectivity index (χ4n) is 14.8. The quantitative estimate of drug-likeness (QED) is 0.0284. The molecule has 0 unspecified atom stereocenters. The van der Waals surface area contributed by atoms with Crippen LogP contribution in [0.3, 0.4) is 0 Å². The molecule has 8 aromatic rings. The molecule has 3 aliphatic heterocycles. The van der Waals surface area contributed by atoms with Crippen LogP contribution in [0.15, 0.2) is 45.1 Å².